The van der Waals surface area contributed by atoms with Gasteiger partial charge in [0, 0.05) is 18.0 Å². The van der Waals surface area contributed by atoms with E-state index < -0.39 is 17.7 Å². The SMILES string of the molecule is N[C@@H]1CC(=O)c2cc(F)c(F)cc21. The Morgan fingerprint density at radius 3 is 2.62 bits per heavy atom. The third-order valence-electron chi connectivity index (χ3n) is 2.20. The highest BCUT2D eigenvalue weighted by molar-refractivity contribution is 6.01. The summed E-state index contributed by atoms with van der Waals surface area (Å²) in [5.41, 5.74) is 6.17. The van der Waals surface area contributed by atoms with Crippen molar-refractivity contribution >= 4 is 5.78 Å². The normalized spacial score (nSPS) is 20.5. The van der Waals surface area contributed by atoms with Gasteiger partial charge in [-0.05, 0) is 17.7 Å². The first-order valence-corrected chi connectivity index (χ1v) is 3.87. The predicted octanol–water partition coefficient (Wildman–Crippen LogP) is 1.55. The molecule has 0 unspecified atom stereocenters. The summed E-state index contributed by atoms with van der Waals surface area (Å²) >= 11 is 0. The Bertz CT molecular complexity index is 389. The van der Waals surface area contributed by atoms with E-state index in [1.165, 1.54) is 0 Å². The van der Waals surface area contributed by atoms with Crippen molar-refractivity contribution in [3.8, 4) is 0 Å². The van der Waals surface area contributed by atoms with Gasteiger partial charge in [0.1, 0.15) is 0 Å². The predicted molar refractivity (Wildman–Crippen MR) is 42.2 cm³/mol. The van der Waals surface area contributed by atoms with Crippen molar-refractivity contribution in [1.82, 2.24) is 0 Å². The van der Waals surface area contributed by atoms with Gasteiger partial charge in [-0.15, -0.1) is 0 Å². The summed E-state index contributed by atoms with van der Waals surface area (Å²) in [5, 5.41) is 0. The molecule has 1 aromatic carbocycles. The molecule has 0 aliphatic heterocycles. The Kier molecular flexibility index (Phi) is 1.66. The number of hydrogen-bond donors (Lipinski definition) is 1. The summed E-state index contributed by atoms with van der Waals surface area (Å²) in [6.07, 6.45) is 0.137. The van der Waals surface area contributed by atoms with Gasteiger partial charge in [0.25, 0.3) is 0 Å². The van der Waals surface area contributed by atoms with Gasteiger partial charge in [0.05, 0.1) is 0 Å². The number of rotatable bonds is 0. The van der Waals surface area contributed by atoms with Crippen LogP contribution in [0.4, 0.5) is 8.78 Å². The molecule has 0 saturated heterocycles. The first-order chi connectivity index (χ1) is 6.09. The van der Waals surface area contributed by atoms with Crippen LogP contribution in [0, 0.1) is 11.6 Å². The summed E-state index contributed by atoms with van der Waals surface area (Å²) < 4.78 is 25.4. The molecule has 0 bridgehead atoms. The molecule has 68 valence electrons. The van der Waals surface area contributed by atoms with E-state index in [-0.39, 0.29) is 17.8 Å². The molecular weight excluding hydrogens is 176 g/mol. The van der Waals surface area contributed by atoms with Crippen LogP contribution in [0.15, 0.2) is 12.1 Å². The Labute approximate surface area is 73.4 Å². The van der Waals surface area contributed by atoms with Gasteiger partial charge in [-0.3, -0.25) is 4.79 Å². The van der Waals surface area contributed by atoms with Crippen molar-refractivity contribution in [1.29, 1.82) is 0 Å². The van der Waals surface area contributed by atoms with Crippen LogP contribution in [0.2, 0.25) is 0 Å². The summed E-state index contributed by atoms with van der Waals surface area (Å²) in [7, 11) is 0. The van der Waals surface area contributed by atoms with Crippen LogP contribution in [0.1, 0.15) is 28.4 Å². The Morgan fingerprint density at radius 1 is 1.31 bits per heavy atom. The number of carbonyl (C=O) groups is 1. The number of halogens is 2. The average Bonchev–Trinajstić information content (AvgIpc) is 2.31. The monoisotopic (exact) mass is 183 g/mol. The molecule has 1 atom stereocenters. The van der Waals surface area contributed by atoms with Gasteiger partial charge < -0.3 is 5.73 Å². The van der Waals surface area contributed by atoms with Crippen molar-refractivity contribution in [3.05, 3.63) is 34.9 Å². The van der Waals surface area contributed by atoms with E-state index in [4.69, 9.17) is 5.73 Å². The van der Waals surface area contributed by atoms with Gasteiger partial charge >= 0.3 is 0 Å². The summed E-state index contributed by atoms with van der Waals surface area (Å²) in [5.74, 6) is -2.17. The van der Waals surface area contributed by atoms with Gasteiger partial charge in [0.2, 0.25) is 0 Å². The maximum Gasteiger partial charge on any atom is 0.165 e. The summed E-state index contributed by atoms with van der Waals surface area (Å²) in [4.78, 5) is 11.2. The number of carbonyl (C=O) groups excluding carboxylic acids is 1. The molecule has 0 fully saturated rings. The minimum Gasteiger partial charge on any atom is -0.324 e. The molecule has 0 heterocycles. The van der Waals surface area contributed by atoms with Crippen LogP contribution in [0.25, 0.3) is 0 Å². The second-order valence-electron chi connectivity index (χ2n) is 3.09. The van der Waals surface area contributed by atoms with Crippen molar-refractivity contribution in [2.75, 3.05) is 0 Å². The number of Topliss-reactive ketones (excluding diaryl/α,β-unsaturated/α-hetero) is 1. The first kappa shape index (κ1) is 8.31. The number of benzene rings is 1. The van der Waals surface area contributed by atoms with E-state index in [2.05, 4.69) is 0 Å². The molecule has 2 rings (SSSR count). The highest BCUT2D eigenvalue weighted by Crippen LogP contribution is 2.30. The van der Waals surface area contributed by atoms with Crippen molar-refractivity contribution in [2.45, 2.75) is 12.5 Å². The zero-order valence-electron chi connectivity index (χ0n) is 6.68. The average molecular weight is 183 g/mol. The second kappa shape index (κ2) is 2.60. The van der Waals surface area contributed by atoms with Crippen LogP contribution in [-0.2, 0) is 0 Å². The highest BCUT2D eigenvalue weighted by atomic mass is 19.2. The van der Waals surface area contributed by atoms with Gasteiger partial charge in [-0.1, -0.05) is 0 Å². The number of nitrogens with two attached hydrogens (primary N) is 1. The lowest BCUT2D eigenvalue weighted by Crippen LogP contribution is -2.06. The Balaban J connectivity index is 2.65. The number of ketones is 1. The van der Waals surface area contributed by atoms with E-state index in [1.54, 1.807) is 0 Å². The zero-order valence-corrected chi connectivity index (χ0v) is 6.68. The summed E-state index contributed by atoms with van der Waals surface area (Å²) in [6, 6.07) is 1.43. The fourth-order valence-electron chi connectivity index (χ4n) is 1.53. The number of fused-ring (bicyclic) bond motifs is 1. The zero-order chi connectivity index (χ0) is 9.59. The van der Waals surface area contributed by atoms with Gasteiger partial charge in [-0.25, -0.2) is 8.78 Å². The van der Waals surface area contributed by atoms with Crippen LogP contribution in [-0.4, -0.2) is 5.78 Å². The lowest BCUT2D eigenvalue weighted by atomic mass is 10.1. The minimum absolute atomic E-state index is 0.137. The fraction of sp³-hybridized carbons (Fsp3) is 0.222. The first-order valence-electron chi connectivity index (χ1n) is 3.87. The molecule has 2 N–H and O–H groups in total. The van der Waals surface area contributed by atoms with Crippen LogP contribution in [0.3, 0.4) is 0 Å². The van der Waals surface area contributed by atoms with Crippen molar-refractivity contribution in [2.24, 2.45) is 5.73 Å². The number of hydrogen-bond acceptors (Lipinski definition) is 2. The molecular formula is C9H7F2NO. The molecule has 0 saturated carbocycles. The van der Waals surface area contributed by atoms with Crippen LogP contribution >= 0.6 is 0 Å². The lowest BCUT2D eigenvalue weighted by molar-refractivity contribution is 0.0989. The maximum absolute atomic E-state index is 12.7. The third-order valence-corrected chi connectivity index (χ3v) is 2.20. The van der Waals surface area contributed by atoms with E-state index in [0.717, 1.165) is 12.1 Å². The Hall–Kier alpha value is -1.29. The largest absolute Gasteiger partial charge is 0.324 e. The molecule has 4 heteroatoms. The van der Waals surface area contributed by atoms with E-state index in [1.807, 2.05) is 0 Å². The van der Waals surface area contributed by atoms with Gasteiger partial charge in [-0.2, -0.15) is 0 Å². The molecule has 0 amide bonds. The molecule has 1 aliphatic carbocycles. The molecule has 0 radical (unpaired) electrons. The van der Waals surface area contributed by atoms with Gasteiger partial charge in [0.15, 0.2) is 17.4 Å². The molecule has 2 nitrogen and oxygen atoms in total. The molecule has 13 heavy (non-hydrogen) atoms. The second-order valence-corrected chi connectivity index (χ2v) is 3.09. The standard InChI is InChI=1S/C9H7F2NO/c10-6-1-4-5(2-7(6)11)9(13)3-8(4)12/h1-2,8H,3,12H2/t8-/m1/s1. The van der Waals surface area contributed by atoms with E-state index in [9.17, 15) is 13.6 Å². The topological polar surface area (TPSA) is 43.1 Å². The van der Waals surface area contributed by atoms with E-state index >= 15 is 0 Å². The van der Waals surface area contributed by atoms with Crippen molar-refractivity contribution in [3.63, 3.8) is 0 Å². The molecule has 0 spiro atoms. The third kappa shape index (κ3) is 1.14. The lowest BCUT2D eigenvalue weighted by Gasteiger charge is -2.02. The minimum atomic E-state index is -0.999. The van der Waals surface area contributed by atoms with Crippen LogP contribution in [0.5, 0.6) is 0 Å². The fourth-order valence-corrected chi connectivity index (χ4v) is 1.53. The molecule has 1 aromatic rings. The molecule has 1 aliphatic rings. The quantitative estimate of drug-likeness (QED) is 0.663. The summed E-state index contributed by atoms with van der Waals surface area (Å²) in [6.45, 7) is 0. The molecule has 0 aromatic heterocycles. The van der Waals surface area contributed by atoms with Crippen molar-refractivity contribution < 1.29 is 13.6 Å². The van der Waals surface area contributed by atoms with Crippen LogP contribution < -0.4 is 5.73 Å². The smallest absolute Gasteiger partial charge is 0.165 e. The maximum atomic E-state index is 12.7. The Morgan fingerprint density at radius 2 is 1.92 bits per heavy atom. The van der Waals surface area contributed by atoms with E-state index in [0.29, 0.717) is 5.56 Å². The highest BCUT2D eigenvalue weighted by Gasteiger charge is 2.28.